The Morgan fingerprint density at radius 2 is 1.13 bits per heavy atom. The molecule has 3 heterocycles. The minimum Gasteiger partial charge on any atom is -0.309 e. The van der Waals surface area contributed by atoms with Crippen molar-refractivity contribution in [2.24, 2.45) is 0 Å². The quantitative estimate of drug-likeness (QED) is 0.197. The summed E-state index contributed by atoms with van der Waals surface area (Å²) in [5.74, 6) is 0. The SMILES string of the molecule is c1ccc(-c2cc(-c3ccc(-n4c5ccccc5c5ccccc54)cc3)nc3c2ccc2sc4c5ccccc5ccc4c23)cc1. The fourth-order valence-corrected chi connectivity index (χ4v) is 8.51. The molecule has 0 atom stereocenters. The van der Waals surface area contributed by atoms with Crippen molar-refractivity contribution < 1.29 is 0 Å². The zero-order valence-corrected chi connectivity index (χ0v) is 25.6. The molecule has 0 fully saturated rings. The molecule has 0 aliphatic carbocycles. The maximum Gasteiger partial charge on any atom is 0.0808 e. The first-order valence-corrected chi connectivity index (χ1v) is 16.5. The Balaban J connectivity index is 1.22. The van der Waals surface area contributed by atoms with Crippen LogP contribution in [0.15, 0.2) is 158 Å². The molecular weight excluding hydrogens is 577 g/mol. The van der Waals surface area contributed by atoms with Crippen molar-refractivity contribution in [3.05, 3.63) is 158 Å². The minimum absolute atomic E-state index is 0.979. The molecule has 10 aromatic rings. The summed E-state index contributed by atoms with van der Waals surface area (Å²) in [5, 5.41) is 8.80. The number of benzene rings is 7. The van der Waals surface area contributed by atoms with Crippen LogP contribution in [0.3, 0.4) is 0 Å². The highest BCUT2D eigenvalue weighted by Gasteiger charge is 2.17. The first-order valence-electron chi connectivity index (χ1n) is 15.6. The summed E-state index contributed by atoms with van der Waals surface area (Å²) in [6, 6.07) is 57.0. The van der Waals surface area contributed by atoms with E-state index in [1.54, 1.807) is 0 Å². The predicted molar refractivity (Wildman–Crippen MR) is 197 cm³/mol. The van der Waals surface area contributed by atoms with Gasteiger partial charge in [-0.1, -0.05) is 121 Å². The fourth-order valence-electron chi connectivity index (χ4n) is 7.26. The molecule has 46 heavy (non-hydrogen) atoms. The van der Waals surface area contributed by atoms with Crippen molar-refractivity contribution >= 4 is 75.0 Å². The van der Waals surface area contributed by atoms with Crippen molar-refractivity contribution in [2.75, 3.05) is 0 Å². The first kappa shape index (κ1) is 25.5. The molecule has 10 rings (SSSR count). The lowest BCUT2D eigenvalue weighted by molar-refractivity contribution is 1.18. The lowest BCUT2D eigenvalue weighted by atomic mass is 9.96. The summed E-state index contributed by atoms with van der Waals surface area (Å²) in [4.78, 5) is 5.45. The molecule has 0 saturated heterocycles. The third kappa shape index (κ3) is 3.73. The molecule has 3 heteroatoms. The van der Waals surface area contributed by atoms with Gasteiger partial charge in [0.05, 0.1) is 22.2 Å². The summed E-state index contributed by atoms with van der Waals surface area (Å²) in [7, 11) is 0. The van der Waals surface area contributed by atoms with Crippen molar-refractivity contribution in [3.8, 4) is 28.1 Å². The lowest BCUT2D eigenvalue weighted by Crippen LogP contribution is -1.94. The third-order valence-corrected chi connectivity index (χ3v) is 10.6. The number of para-hydroxylation sites is 2. The molecule has 3 aromatic heterocycles. The average molecular weight is 603 g/mol. The standard InChI is InChI=1S/C43H26N2S/c1-2-10-27(11-3-1)36-26-37(29-18-21-30(22-19-29)45-38-16-8-6-14-32(38)33-15-7-9-17-39(33)45)44-42-34(36)24-25-40-41(42)35-23-20-28-12-4-5-13-31(28)43(35)46-40/h1-26H. The van der Waals surface area contributed by atoms with Gasteiger partial charge in [0.15, 0.2) is 0 Å². The highest BCUT2D eigenvalue weighted by atomic mass is 32.1. The summed E-state index contributed by atoms with van der Waals surface area (Å²) in [5.41, 5.74) is 9.11. The second kappa shape index (κ2) is 9.87. The van der Waals surface area contributed by atoms with Gasteiger partial charge in [0, 0.05) is 47.6 Å². The number of hydrogen-bond donors (Lipinski definition) is 0. The molecule has 2 nitrogen and oxygen atoms in total. The Labute approximate surface area is 269 Å². The zero-order valence-electron chi connectivity index (χ0n) is 24.8. The van der Waals surface area contributed by atoms with E-state index in [9.17, 15) is 0 Å². The van der Waals surface area contributed by atoms with E-state index in [1.807, 2.05) is 11.3 Å². The second-order valence-electron chi connectivity index (χ2n) is 11.9. The van der Waals surface area contributed by atoms with Gasteiger partial charge in [-0.05, 0) is 58.3 Å². The molecule has 0 amide bonds. The molecule has 0 saturated carbocycles. The van der Waals surface area contributed by atoms with Crippen LogP contribution >= 0.6 is 11.3 Å². The number of rotatable bonds is 3. The number of fused-ring (bicyclic) bond motifs is 10. The number of aromatic nitrogens is 2. The Morgan fingerprint density at radius 3 is 1.89 bits per heavy atom. The summed E-state index contributed by atoms with van der Waals surface area (Å²) >= 11 is 1.87. The Kier molecular flexibility index (Phi) is 5.48. The molecule has 0 bridgehead atoms. The molecule has 0 aliphatic heterocycles. The maximum absolute atomic E-state index is 5.45. The molecule has 214 valence electrons. The van der Waals surface area contributed by atoms with Gasteiger partial charge in [-0.3, -0.25) is 0 Å². The van der Waals surface area contributed by atoms with Gasteiger partial charge in [-0.15, -0.1) is 11.3 Å². The highest BCUT2D eigenvalue weighted by molar-refractivity contribution is 7.26. The van der Waals surface area contributed by atoms with Gasteiger partial charge < -0.3 is 4.57 Å². The minimum atomic E-state index is 0.979. The van der Waals surface area contributed by atoms with Gasteiger partial charge in [0.1, 0.15) is 0 Å². The van der Waals surface area contributed by atoms with E-state index in [2.05, 4.69) is 162 Å². The number of thiophene rings is 1. The second-order valence-corrected chi connectivity index (χ2v) is 13.0. The van der Waals surface area contributed by atoms with E-state index in [4.69, 9.17) is 4.98 Å². The van der Waals surface area contributed by atoms with Crippen LogP contribution in [-0.2, 0) is 0 Å². The molecular formula is C43H26N2S. The fraction of sp³-hybridized carbons (Fsp3) is 0. The number of nitrogens with zero attached hydrogens (tertiary/aromatic N) is 2. The molecule has 0 spiro atoms. The Morgan fingerprint density at radius 1 is 0.478 bits per heavy atom. The molecule has 0 radical (unpaired) electrons. The van der Waals surface area contributed by atoms with Crippen LogP contribution in [-0.4, -0.2) is 9.55 Å². The van der Waals surface area contributed by atoms with Crippen LogP contribution in [0.4, 0.5) is 0 Å². The smallest absolute Gasteiger partial charge is 0.0808 e. The lowest BCUT2D eigenvalue weighted by Gasteiger charge is -2.13. The number of pyridine rings is 1. The topological polar surface area (TPSA) is 17.8 Å². The summed E-state index contributed by atoms with van der Waals surface area (Å²) in [6.45, 7) is 0. The average Bonchev–Trinajstić information content (AvgIpc) is 3.68. The van der Waals surface area contributed by atoms with Crippen LogP contribution in [0.5, 0.6) is 0 Å². The zero-order chi connectivity index (χ0) is 30.2. The molecule has 0 aliphatic rings. The monoisotopic (exact) mass is 602 g/mol. The van der Waals surface area contributed by atoms with Gasteiger partial charge >= 0.3 is 0 Å². The van der Waals surface area contributed by atoms with Crippen LogP contribution in [0, 0.1) is 0 Å². The van der Waals surface area contributed by atoms with E-state index in [0.717, 1.165) is 22.5 Å². The Hall–Kier alpha value is -5.77. The third-order valence-electron chi connectivity index (χ3n) is 9.39. The largest absolute Gasteiger partial charge is 0.309 e. The molecule has 0 N–H and O–H groups in total. The van der Waals surface area contributed by atoms with E-state index in [1.165, 1.54) is 69.3 Å². The van der Waals surface area contributed by atoms with Crippen LogP contribution < -0.4 is 0 Å². The van der Waals surface area contributed by atoms with E-state index in [-0.39, 0.29) is 0 Å². The van der Waals surface area contributed by atoms with Crippen molar-refractivity contribution in [1.29, 1.82) is 0 Å². The van der Waals surface area contributed by atoms with Crippen LogP contribution in [0.2, 0.25) is 0 Å². The van der Waals surface area contributed by atoms with Crippen molar-refractivity contribution in [2.45, 2.75) is 0 Å². The normalized spacial score (nSPS) is 11.9. The van der Waals surface area contributed by atoms with Gasteiger partial charge in [0.2, 0.25) is 0 Å². The van der Waals surface area contributed by atoms with Crippen molar-refractivity contribution in [3.63, 3.8) is 0 Å². The summed E-state index contributed by atoms with van der Waals surface area (Å²) in [6.07, 6.45) is 0. The van der Waals surface area contributed by atoms with E-state index < -0.39 is 0 Å². The first-order chi connectivity index (χ1) is 22.8. The van der Waals surface area contributed by atoms with Gasteiger partial charge in [-0.2, -0.15) is 0 Å². The Bertz CT molecular complexity index is 2730. The van der Waals surface area contributed by atoms with Crippen molar-refractivity contribution in [1.82, 2.24) is 9.55 Å². The van der Waals surface area contributed by atoms with E-state index in [0.29, 0.717) is 0 Å². The number of hydrogen-bond acceptors (Lipinski definition) is 2. The summed E-state index contributed by atoms with van der Waals surface area (Å²) < 4.78 is 4.96. The maximum atomic E-state index is 5.45. The highest BCUT2D eigenvalue weighted by Crippen LogP contribution is 2.44. The predicted octanol–water partition coefficient (Wildman–Crippen LogP) is 12.2. The molecule has 0 unspecified atom stereocenters. The van der Waals surface area contributed by atoms with Crippen LogP contribution in [0.1, 0.15) is 0 Å². The van der Waals surface area contributed by atoms with Crippen LogP contribution in [0.25, 0.3) is 91.7 Å². The molecule has 7 aromatic carbocycles. The van der Waals surface area contributed by atoms with E-state index >= 15 is 0 Å². The van der Waals surface area contributed by atoms with Gasteiger partial charge in [0.25, 0.3) is 0 Å². The van der Waals surface area contributed by atoms with Gasteiger partial charge in [-0.25, -0.2) is 4.98 Å².